The van der Waals surface area contributed by atoms with Crippen molar-refractivity contribution >= 4 is 5.69 Å². The Hall–Kier alpha value is -1.97. The first-order valence-corrected chi connectivity index (χ1v) is 6.20. The number of ether oxygens (including phenoxy) is 1. The summed E-state index contributed by atoms with van der Waals surface area (Å²) in [6, 6.07) is 5.96. The minimum Gasteiger partial charge on any atom is -0.481 e. The highest BCUT2D eigenvalue weighted by Gasteiger charge is 1.98. The van der Waals surface area contributed by atoms with Crippen molar-refractivity contribution in [1.29, 1.82) is 0 Å². The van der Waals surface area contributed by atoms with E-state index in [4.69, 9.17) is 4.74 Å². The molecule has 0 aliphatic carbocycles. The van der Waals surface area contributed by atoms with Crippen molar-refractivity contribution < 1.29 is 4.74 Å². The molecule has 1 N–H and O–H groups in total. The molecule has 0 saturated heterocycles. The van der Waals surface area contributed by atoms with Crippen molar-refractivity contribution in [2.45, 2.75) is 26.4 Å². The lowest BCUT2D eigenvalue weighted by Gasteiger charge is -2.05. The lowest BCUT2D eigenvalue weighted by molar-refractivity contribution is 0.398. The highest BCUT2D eigenvalue weighted by atomic mass is 16.5. The SMILES string of the molecule is CCCn1ccc(CNc2ccc(OC)nc2)c1. The third-order valence-electron chi connectivity index (χ3n) is 2.74. The van der Waals surface area contributed by atoms with Gasteiger partial charge in [0.15, 0.2) is 0 Å². The minimum atomic E-state index is 0.634. The maximum absolute atomic E-state index is 5.02. The lowest BCUT2D eigenvalue weighted by atomic mass is 10.3. The van der Waals surface area contributed by atoms with E-state index in [0.29, 0.717) is 5.88 Å². The minimum absolute atomic E-state index is 0.634. The molecule has 0 radical (unpaired) electrons. The molecule has 0 atom stereocenters. The van der Waals surface area contributed by atoms with Crippen LogP contribution in [-0.4, -0.2) is 16.7 Å². The molecule has 0 unspecified atom stereocenters. The molecular weight excluding hydrogens is 226 g/mol. The number of anilines is 1. The van der Waals surface area contributed by atoms with Crippen LogP contribution in [0, 0.1) is 0 Å². The third kappa shape index (κ3) is 3.26. The van der Waals surface area contributed by atoms with Crippen LogP contribution in [0.15, 0.2) is 36.8 Å². The Balaban J connectivity index is 1.89. The van der Waals surface area contributed by atoms with Crippen LogP contribution in [0.4, 0.5) is 5.69 Å². The molecule has 2 heterocycles. The monoisotopic (exact) mass is 245 g/mol. The van der Waals surface area contributed by atoms with Gasteiger partial charge in [-0.05, 0) is 24.1 Å². The van der Waals surface area contributed by atoms with Crippen LogP contribution in [0.2, 0.25) is 0 Å². The largest absolute Gasteiger partial charge is 0.481 e. The highest BCUT2D eigenvalue weighted by molar-refractivity contribution is 5.42. The molecular formula is C14H19N3O. The van der Waals surface area contributed by atoms with Gasteiger partial charge in [0.05, 0.1) is 19.0 Å². The summed E-state index contributed by atoms with van der Waals surface area (Å²) in [7, 11) is 1.62. The van der Waals surface area contributed by atoms with Crippen molar-refractivity contribution in [3.8, 4) is 5.88 Å². The third-order valence-corrected chi connectivity index (χ3v) is 2.74. The smallest absolute Gasteiger partial charge is 0.213 e. The number of hydrogen-bond donors (Lipinski definition) is 1. The van der Waals surface area contributed by atoms with Gasteiger partial charge in [-0.15, -0.1) is 0 Å². The molecule has 0 amide bonds. The second-order valence-electron chi connectivity index (χ2n) is 4.20. The average Bonchev–Trinajstić information content (AvgIpc) is 2.85. The zero-order chi connectivity index (χ0) is 12.8. The number of nitrogens with zero attached hydrogens (tertiary/aromatic N) is 2. The van der Waals surface area contributed by atoms with Crippen molar-refractivity contribution in [2.75, 3.05) is 12.4 Å². The van der Waals surface area contributed by atoms with Gasteiger partial charge in [-0.2, -0.15) is 0 Å². The Bertz CT molecular complexity index is 476. The van der Waals surface area contributed by atoms with E-state index >= 15 is 0 Å². The standard InChI is InChI=1S/C14H19N3O/c1-3-7-17-8-6-12(11-17)9-15-13-4-5-14(18-2)16-10-13/h4-6,8,10-11,15H,3,7,9H2,1-2H3. The number of aryl methyl sites for hydroxylation is 1. The first-order chi connectivity index (χ1) is 8.81. The first kappa shape index (κ1) is 12.5. The van der Waals surface area contributed by atoms with Gasteiger partial charge < -0.3 is 14.6 Å². The molecule has 96 valence electrons. The van der Waals surface area contributed by atoms with Crippen LogP contribution in [0.25, 0.3) is 0 Å². The Kier molecular flexibility index (Phi) is 4.23. The molecule has 2 rings (SSSR count). The predicted octanol–water partition coefficient (Wildman–Crippen LogP) is 2.91. The zero-order valence-electron chi connectivity index (χ0n) is 10.9. The van der Waals surface area contributed by atoms with E-state index in [1.54, 1.807) is 13.3 Å². The maximum Gasteiger partial charge on any atom is 0.213 e. The van der Waals surface area contributed by atoms with Crippen molar-refractivity contribution in [1.82, 2.24) is 9.55 Å². The van der Waals surface area contributed by atoms with E-state index in [1.165, 1.54) is 5.56 Å². The Morgan fingerprint density at radius 2 is 2.22 bits per heavy atom. The second-order valence-corrected chi connectivity index (χ2v) is 4.20. The van der Waals surface area contributed by atoms with Gasteiger partial charge in [0, 0.05) is 31.5 Å². The predicted molar refractivity (Wildman–Crippen MR) is 72.8 cm³/mol. The number of methoxy groups -OCH3 is 1. The zero-order valence-corrected chi connectivity index (χ0v) is 10.9. The van der Waals surface area contributed by atoms with Crippen LogP contribution in [0.3, 0.4) is 0 Å². The molecule has 2 aromatic heterocycles. The van der Waals surface area contributed by atoms with Gasteiger partial charge in [0.2, 0.25) is 5.88 Å². The van der Waals surface area contributed by atoms with Crippen molar-refractivity contribution in [3.05, 3.63) is 42.4 Å². The van der Waals surface area contributed by atoms with Crippen LogP contribution >= 0.6 is 0 Å². The molecule has 0 spiro atoms. The second kappa shape index (κ2) is 6.10. The summed E-state index contributed by atoms with van der Waals surface area (Å²) in [5, 5.41) is 3.34. The summed E-state index contributed by atoms with van der Waals surface area (Å²) in [5.74, 6) is 0.634. The molecule has 0 bridgehead atoms. The Labute approximate surface area is 108 Å². The molecule has 4 heteroatoms. The quantitative estimate of drug-likeness (QED) is 0.850. The summed E-state index contributed by atoms with van der Waals surface area (Å²) in [5.41, 5.74) is 2.28. The normalized spacial score (nSPS) is 10.3. The average molecular weight is 245 g/mol. The van der Waals surface area contributed by atoms with Crippen molar-refractivity contribution in [3.63, 3.8) is 0 Å². The molecule has 0 saturated carbocycles. The summed E-state index contributed by atoms with van der Waals surface area (Å²) in [4.78, 5) is 4.15. The van der Waals surface area contributed by atoms with E-state index in [0.717, 1.165) is 25.2 Å². The number of pyridine rings is 1. The van der Waals surface area contributed by atoms with E-state index < -0.39 is 0 Å². The summed E-state index contributed by atoms with van der Waals surface area (Å²) >= 11 is 0. The Morgan fingerprint density at radius 1 is 1.33 bits per heavy atom. The van der Waals surface area contributed by atoms with E-state index in [-0.39, 0.29) is 0 Å². The fraction of sp³-hybridized carbons (Fsp3) is 0.357. The number of aromatic nitrogens is 2. The molecule has 18 heavy (non-hydrogen) atoms. The Morgan fingerprint density at radius 3 is 2.89 bits per heavy atom. The first-order valence-electron chi connectivity index (χ1n) is 6.20. The molecule has 0 aliphatic rings. The van der Waals surface area contributed by atoms with Gasteiger partial charge in [0.25, 0.3) is 0 Å². The van der Waals surface area contributed by atoms with Gasteiger partial charge >= 0.3 is 0 Å². The van der Waals surface area contributed by atoms with E-state index in [2.05, 4.69) is 40.3 Å². The fourth-order valence-electron chi connectivity index (χ4n) is 1.80. The summed E-state index contributed by atoms with van der Waals surface area (Å²) in [6.07, 6.45) is 7.23. The van der Waals surface area contributed by atoms with E-state index in [1.807, 2.05) is 12.1 Å². The lowest BCUT2D eigenvalue weighted by Crippen LogP contribution is -1.99. The summed E-state index contributed by atoms with van der Waals surface area (Å²) < 4.78 is 7.23. The van der Waals surface area contributed by atoms with Gasteiger partial charge in [0.1, 0.15) is 0 Å². The molecule has 4 nitrogen and oxygen atoms in total. The highest BCUT2D eigenvalue weighted by Crippen LogP contribution is 2.12. The van der Waals surface area contributed by atoms with E-state index in [9.17, 15) is 0 Å². The maximum atomic E-state index is 5.02. The van der Waals surface area contributed by atoms with Crippen LogP contribution in [0.1, 0.15) is 18.9 Å². The number of rotatable bonds is 6. The van der Waals surface area contributed by atoms with Gasteiger partial charge in [-0.3, -0.25) is 0 Å². The topological polar surface area (TPSA) is 39.1 Å². The molecule has 0 aliphatic heterocycles. The van der Waals surface area contributed by atoms with Crippen LogP contribution < -0.4 is 10.1 Å². The molecule has 0 aromatic carbocycles. The number of hydrogen-bond acceptors (Lipinski definition) is 3. The molecule has 0 fully saturated rings. The molecule has 2 aromatic rings. The van der Waals surface area contributed by atoms with Crippen LogP contribution in [-0.2, 0) is 13.1 Å². The van der Waals surface area contributed by atoms with Crippen LogP contribution in [0.5, 0.6) is 5.88 Å². The summed E-state index contributed by atoms with van der Waals surface area (Å²) in [6.45, 7) is 4.07. The fourth-order valence-corrected chi connectivity index (χ4v) is 1.80. The van der Waals surface area contributed by atoms with Gasteiger partial charge in [-0.25, -0.2) is 4.98 Å². The van der Waals surface area contributed by atoms with Crippen molar-refractivity contribution in [2.24, 2.45) is 0 Å². The van der Waals surface area contributed by atoms with Gasteiger partial charge in [-0.1, -0.05) is 6.92 Å². The number of nitrogens with one attached hydrogen (secondary N) is 1.